The third-order valence-corrected chi connectivity index (χ3v) is 14.4. The highest BCUT2D eigenvalue weighted by Gasteiger charge is 2.72. The van der Waals surface area contributed by atoms with E-state index in [0.717, 1.165) is 50.7 Å². The second-order valence-corrected chi connectivity index (χ2v) is 17.0. The molecule has 4 bridgehead atoms. The lowest BCUT2D eigenvalue weighted by Gasteiger charge is -2.62. The van der Waals surface area contributed by atoms with E-state index in [0.29, 0.717) is 30.1 Å². The molecular weight excluding hydrogens is 600 g/mol. The SMILES string of the molecule is C[C@H]1[C@@H](C[C@H](Oc2ccccc2)C2O[C@@H]3O[C@@]4(C)CC[C@H]5[C@H](C)CC[C@@H]([C@H]2C)[C@@]35OO4)O[C@@H]2O[C@@]3(C)CC[C@H]4[C@H](C)CC[C@@H]1[C@@]24OO3. The Morgan fingerprint density at radius 2 is 1.21 bits per heavy atom. The Kier molecular flexibility index (Phi) is 7.48. The third-order valence-electron chi connectivity index (χ3n) is 14.4. The van der Waals surface area contributed by atoms with E-state index in [-0.39, 0.29) is 42.0 Å². The summed E-state index contributed by atoms with van der Waals surface area (Å²) >= 11 is 0. The fraction of sp³-hybridized carbons (Fsp3) is 0.842. The summed E-state index contributed by atoms with van der Waals surface area (Å²) in [7, 11) is 0. The van der Waals surface area contributed by atoms with Crippen molar-refractivity contribution in [1.29, 1.82) is 0 Å². The van der Waals surface area contributed by atoms with Crippen molar-refractivity contribution in [3.8, 4) is 5.75 Å². The summed E-state index contributed by atoms with van der Waals surface area (Å²) in [4.78, 5) is 25.1. The molecule has 10 fully saturated rings. The largest absolute Gasteiger partial charge is 0.488 e. The number of para-hydroxylation sites is 1. The van der Waals surface area contributed by atoms with Crippen molar-refractivity contribution in [2.45, 2.75) is 153 Å². The molecule has 0 amide bonds. The molecule has 260 valence electrons. The zero-order valence-corrected chi connectivity index (χ0v) is 28.9. The van der Waals surface area contributed by atoms with Gasteiger partial charge in [-0.15, -0.1) is 0 Å². The van der Waals surface area contributed by atoms with E-state index in [9.17, 15) is 0 Å². The summed E-state index contributed by atoms with van der Waals surface area (Å²) in [6, 6.07) is 10.2. The summed E-state index contributed by atoms with van der Waals surface area (Å²) in [5, 5.41) is 0. The second kappa shape index (κ2) is 11.1. The van der Waals surface area contributed by atoms with Crippen LogP contribution in [0, 0.1) is 47.3 Å². The molecule has 10 aliphatic rings. The molecule has 0 radical (unpaired) electrons. The van der Waals surface area contributed by atoms with Crippen molar-refractivity contribution in [2.75, 3.05) is 0 Å². The summed E-state index contributed by atoms with van der Waals surface area (Å²) in [5.74, 6) is 1.73. The van der Waals surface area contributed by atoms with E-state index in [1.165, 1.54) is 6.42 Å². The van der Waals surface area contributed by atoms with Crippen LogP contribution in [0.4, 0.5) is 0 Å². The molecule has 1 aromatic carbocycles. The minimum Gasteiger partial charge on any atom is -0.488 e. The van der Waals surface area contributed by atoms with Crippen LogP contribution in [0.25, 0.3) is 0 Å². The zero-order valence-electron chi connectivity index (χ0n) is 28.9. The van der Waals surface area contributed by atoms with Crippen LogP contribution in [0.15, 0.2) is 30.3 Å². The molecule has 47 heavy (non-hydrogen) atoms. The standard InChI is InChI=1S/C38H54O9/c1-21-12-14-28-23(3)30(40-33-37(28)26(21)16-18-35(5,42-33)44-46-37)20-31(39-25-10-8-7-9-11-25)32-24(4)29-15-13-22(2)27-17-19-36(6)43-34(41-32)38(27,29)47-45-36/h7-11,21-24,26-34H,12-20H2,1-6H3/t21-,22-,23-,24-,26+,27+,28+,29+,30-,31+,32?,33-,34-,35-,36-,37-,38-/m1/s1. The molecule has 2 spiro atoms. The number of ether oxygens (including phenoxy) is 5. The first-order valence-electron chi connectivity index (χ1n) is 18.7. The molecule has 8 aliphatic heterocycles. The number of benzene rings is 1. The molecule has 9 heteroatoms. The summed E-state index contributed by atoms with van der Waals surface area (Å²) in [5.41, 5.74) is -1.20. The average Bonchev–Trinajstić information content (AvgIpc) is 3.43. The fourth-order valence-electron chi connectivity index (χ4n) is 11.8. The first-order chi connectivity index (χ1) is 22.6. The lowest BCUT2D eigenvalue weighted by atomic mass is 9.56. The molecule has 17 atom stereocenters. The van der Waals surface area contributed by atoms with E-state index in [4.69, 9.17) is 43.2 Å². The van der Waals surface area contributed by atoms with Crippen molar-refractivity contribution in [3.05, 3.63) is 30.3 Å². The van der Waals surface area contributed by atoms with Gasteiger partial charge in [0.1, 0.15) is 18.0 Å². The second-order valence-electron chi connectivity index (χ2n) is 17.0. The maximum absolute atomic E-state index is 7.17. The molecule has 8 saturated heterocycles. The van der Waals surface area contributed by atoms with Gasteiger partial charge in [0.2, 0.25) is 11.6 Å². The zero-order chi connectivity index (χ0) is 32.3. The van der Waals surface area contributed by atoms with Crippen molar-refractivity contribution in [1.82, 2.24) is 0 Å². The van der Waals surface area contributed by atoms with Crippen LogP contribution in [-0.4, -0.2) is 53.7 Å². The Bertz CT molecular complexity index is 1330. The monoisotopic (exact) mass is 654 g/mol. The predicted octanol–water partition coefficient (Wildman–Crippen LogP) is 7.33. The normalized spacial score (nSPS) is 55.3. The quantitative estimate of drug-likeness (QED) is 0.303. The maximum atomic E-state index is 7.17. The van der Waals surface area contributed by atoms with Gasteiger partial charge in [-0.3, -0.25) is 0 Å². The maximum Gasteiger partial charge on any atom is 0.201 e. The Morgan fingerprint density at radius 3 is 1.81 bits per heavy atom. The first-order valence-corrected chi connectivity index (χ1v) is 18.7. The van der Waals surface area contributed by atoms with E-state index < -0.39 is 35.4 Å². The Labute approximate surface area is 279 Å². The fourth-order valence-corrected chi connectivity index (χ4v) is 11.8. The topological polar surface area (TPSA) is 83.1 Å². The van der Waals surface area contributed by atoms with Crippen LogP contribution in [0.1, 0.15) is 99.3 Å². The lowest BCUT2D eigenvalue weighted by Crippen LogP contribution is -2.72. The predicted molar refractivity (Wildman–Crippen MR) is 169 cm³/mol. The van der Waals surface area contributed by atoms with Gasteiger partial charge in [-0.2, -0.15) is 0 Å². The van der Waals surface area contributed by atoms with E-state index in [2.05, 4.69) is 27.7 Å². The molecule has 0 aromatic heterocycles. The molecule has 8 heterocycles. The lowest BCUT2D eigenvalue weighted by molar-refractivity contribution is -0.573. The molecule has 2 saturated carbocycles. The molecule has 11 rings (SSSR count). The molecular formula is C38H54O9. The van der Waals surface area contributed by atoms with Gasteiger partial charge in [0.25, 0.3) is 0 Å². The van der Waals surface area contributed by atoms with Crippen molar-refractivity contribution in [3.63, 3.8) is 0 Å². The summed E-state index contributed by atoms with van der Waals surface area (Å²) in [6.07, 6.45) is 7.11. The molecule has 2 aliphatic carbocycles. The number of hydrogen-bond donors (Lipinski definition) is 0. The van der Waals surface area contributed by atoms with Gasteiger partial charge in [0.05, 0.1) is 6.10 Å². The number of fused-ring (bicyclic) bond motifs is 4. The highest BCUT2D eigenvalue weighted by Crippen LogP contribution is 2.63. The van der Waals surface area contributed by atoms with Gasteiger partial charge < -0.3 is 23.7 Å². The van der Waals surface area contributed by atoms with Gasteiger partial charge in [-0.25, -0.2) is 19.6 Å². The minimum absolute atomic E-state index is 0.112. The van der Waals surface area contributed by atoms with Crippen LogP contribution in [0.3, 0.4) is 0 Å². The smallest absolute Gasteiger partial charge is 0.201 e. The van der Waals surface area contributed by atoms with Crippen molar-refractivity contribution < 1.29 is 43.2 Å². The summed E-state index contributed by atoms with van der Waals surface area (Å²) in [6.45, 7) is 13.4. The van der Waals surface area contributed by atoms with Crippen molar-refractivity contribution in [2.24, 2.45) is 47.3 Å². The Balaban J connectivity index is 1.06. The van der Waals surface area contributed by atoms with Gasteiger partial charge in [0.15, 0.2) is 23.8 Å². The van der Waals surface area contributed by atoms with Gasteiger partial charge >= 0.3 is 0 Å². The highest BCUT2D eigenvalue weighted by atomic mass is 17.3. The van der Waals surface area contributed by atoms with Gasteiger partial charge in [0, 0.05) is 31.1 Å². The number of rotatable bonds is 5. The highest BCUT2D eigenvalue weighted by molar-refractivity contribution is 5.22. The van der Waals surface area contributed by atoms with Gasteiger partial charge in [-0.05, 0) is 100 Å². The van der Waals surface area contributed by atoms with Crippen LogP contribution in [0.2, 0.25) is 0 Å². The molecule has 0 N–H and O–H groups in total. The minimum atomic E-state index is -0.823. The Morgan fingerprint density at radius 1 is 0.660 bits per heavy atom. The van der Waals surface area contributed by atoms with Gasteiger partial charge in [-0.1, -0.05) is 45.9 Å². The number of hydrogen-bond acceptors (Lipinski definition) is 9. The van der Waals surface area contributed by atoms with E-state index in [1.54, 1.807) is 0 Å². The molecule has 1 unspecified atom stereocenters. The third kappa shape index (κ3) is 4.63. The first kappa shape index (κ1) is 31.7. The molecule has 9 nitrogen and oxygen atoms in total. The van der Waals surface area contributed by atoms with Crippen LogP contribution in [0.5, 0.6) is 5.75 Å². The van der Waals surface area contributed by atoms with Crippen molar-refractivity contribution >= 4 is 0 Å². The van der Waals surface area contributed by atoms with E-state index >= 15 is 0 Å². The summed E-state index contributed by atoms with van der Waals surface area (Å²) < 4.78 is 34.7. The van der Waals surface area contributed by atoms with Crippen LogP contribution >= 0.6 is 0 Å². The average molecular weight is 655 g/mol. The van der Waals surface area contributed by atoms with Crippen LogP contribution < -0.4 is 4.74 Å². The van der Waals surface area contributed by atoms with Crippen LogP contribution in [-0.2, 0) is 38.5 Å². The Hall–Kier alpha value is -1.30. The molecule has 1 aromatic rings. The van der Waals surface area contributed by atoms with E-state index in [1.807, 2.05) is 44.2 Å².